The maximum atomic E-state index is 12.8. The number of benzene rings is 2. The lowest BCUT2D eigenvalue weighted by molar-refractivity contribution is -0.122. The zero-order chi connectivity index (χ0) is 20.2. The topological polar surface area (TPSA) is 68.9 Å². The second-order valence-electron chi connectivity index (χ2n) is 7.28. The fraction of sp³-hybridized carbons (Fsp3) is 0.318. The summed E-state index contributed by atoms with van der Waals surface area (Å²) in [4.78, 5) is 25.5. The van der Waals surface area contributed by atoms with Crippen molar-refractivity contribution in [1.29, 1.82) is 0 Å². The van der Waals surface area contributed by atoms with Gasteiger partial charge in [0.15, 0.2) is 0 Å². The van der Waals surface area contributed by atoms with Crippen molar-refractivity contribution in [2.45, 2.75) is 44.8 Å². The van der Waals surface area contributed by atoms with Crippen LogP contribution in [0.15, 0.2) is 59.4 Å². The molecule has 0 bridgehead atoms. The molecule has 2 aromatic carbocycles. The number of aryl methyl sites for hydroxylation is 1. The van der Waals surface area contributed by atoms with Gasteiger partial charge in [0.1, 0.15) is 12.4 Å². The van der Waals surface area contributed by atoms with Gasteiger partial charge in [0.25, 0.3) is 0 Å². The standard InChI is InChI=1S/C22H23ClN4O2/c23-18-11-7-10-17(14-18)21(16-8-3-1-4-9-16)24-20(28)15-27-22(29)26-13-6-2-5-12-19(26)25-27/h1,3-4,7-11,14,21H,2,5-6,12-13,15H2,(H,24,28). The average Bonchev–Trinajstić information content (AvgIpc) is 2.88. The predicted molar refractivity (Wildman–Crippen MR) is 112 cm³/mol. The number of fused-ring (bicyclic) bond motifs is 1. The van der Waals surface area contributed by atoms with E-state index in [0.29, 0.717) is 11.6 Å². The third-order valence-corrected chi connectivity index (χ3v) is 5.43. The molecule has 4 rings (SSSR count). The SMILES string of the molecule is O=C(Cn1nc2n(c1=O)CCCCC2)NC(c1ccccc1)c1cccc(Cl)c1. The maximum absolute atomic E-state index is 12.8. The Labute approximate surface area is 174 Å². The molecule has 0 fully saturated rings. The van der Waals surface area contributed by atoms with Crippen LogP contribution in [0.4, 0.5) is 0 Å². The molecule has 0 saturated heterocycles. The van der Waals surface area contributed by atoms with Crippen molar-refractivity contribution >= 4 is 17.5 Å². The van der Waals surface area contributed by atoms with Gasteiger partial charge in [-0.25, -0.2) is 9.48 Å². The van der Waals surface area contributed by atoms with Crippen LogP contribution in [0.5, 0.6) is 0 Å². The van der Waals surface area contributed by atoms with Crippen LogP contribution in [0.3, 0.4) is 0 Å². The lowest BCUT2D eigenvalue weighted by atomic mass is 9.98. The van der Waals surface area contributed by atoms with E-state index in [1.165, 1.54) is 4.68 Å². The molecule has 0 aliphatic carbocycles. The van der Waals surface area contributed by atoms with Crippen molar-refractivity contribution in [2.75, 3.05) is 0 Å². The van der Waals surface area contributed by atoms with Crippen molar-refractivity contribution < 1.29 is 4.79 Å². The van der Waals surface area contributed by atoms with Gasteiger partial charge in [0.05, 0.1) is 6.04 Å². The maximum Gasteiger partial charge on any atom is 0.346 e. The molecule has 1 aromatic heterocycles. The summed E-state index contributed by atoms with van der Waals surface area (Å²) < 4.78 is 2.97. The number of carbonyl (C=O) groups is 1. The summed E-state index contributed by atoms with van der Waals surface area (Å²) in [6.45, 7) is 0.563. The van der Waals surface area contributed by atoms with E-state index in [-0.39, 0.29) is 24.2 Å². The molecule has 1 aliphatic heterocycles. The summed E-state index contributed by atoms with van der Waals surface area (Å²) in [6, 6.07) is 16.7. The van der Waals surface area contributed by atoms with Gasteiger partial charge in [-0.3, -0.25) is 9.36 Å². The monoisotopic (exact) mass is 410 g/mol. The summed E-state index contributed by atoms with van der Waals surface area (Å²) in [5.41, 5.74) is 1.61. The minimum absolute atomic E-state index is 0.108. The first-order valence-corrected chi connectivity index (χ1v) is 10.3. The number of halogens is 1. The first kappa shape index (κ1) is 19.5. The third kappa shape index (κ3) is 4.43. The predicted octanol–water partition coefficient (Wildman–Crippen LogP) is 3.33. The molecule has 1 atom stereocenters. The minimum atomic E-state index is -0.362. The fourth-order valence-corrected chi connectivity index (χ4v) is 3.96. The van der Waals surface area contributed by atoms with Crippen LogP contribution < -0.4 is 11.0 Å². The van der Waals surface area contributed by atoms with Crippen LogP contribution in [0, 0.1) is 0 Å². The normalized spacial score (nSPS) is 14.7. The Morgan fingerprint density at radius 1 is 1.07 bits per heavy atom. The summed E-state index contributed by atoms with van der Waals surface area (Å²) in [6.07, 6.45) is 3.86. The summed E-state index contributed by atoms with van der Waals surface area (Å²) >= 11 is 6.16. The molecule has 0 spiro atoms. The van der Waals surface area contributed by atoms with E-state index in [4.69, 9.17) is 11.6 Å². The molecular weight excluding hydrogens is 388 g/mol. The average molecular weight is 411 g/mol. The molecule has 1 aliphatic rings. The number of amides is 1. The Hall–Kier alpha value is -2.86. The number of nitrogens with one attached hydrogen (secondary N) is 1. The van der Waals surface area contributed by atoms with Crippen LogP contribution >= 0.6 is 11.6 Å². The number of rotatable bonds is 5. The quantitative estimate of drug-likeness (QED) is 0.701. The molecule has 0 saturated carbocycles. The van der Waals surface area contributed by atoms with E-state index in [2.05, 4.69) is 10.4 Å². The van der Waals surface area contributed by atoms with Crippen LogP contribution in [0.1, 0.15) is 42.3 Å². The highest BCUT2D eigenvalue weighted by atomic mass is 35.5. The number of aromatic nitrogens is 3. The molecule has 1 unspecified atom stereocenters. The van der Waals surface area contributed by atoms with Crippen molar-refractivity contribution in [1.82, 2.24) is 19.7 Å². The number of nitrogens with zero attached hydrogens (tertiary/aromatic N) is 3. The molecule has 1 N–H and O–H groups in total. The first-order chi connectivity index (χ1) is 14.1. The highest BCUT2D eigenvalue weighted by molar-refractivity contribution is 6.30. The summed E-state index contributed by atoms with van der Waals surface area (Å²) in [7, 11) is 0. The van der Waals surface area contributed by atoms with E-state index < -0.39 is 0 Å². The zero-order valence-corrected chi connectivity index (χ0v) is 16.8. The van der Waals surface area contributed by atoms with E-state index in [0.717, 1.165) is 42.6 Å². The lowest BCUT2D eigenvalue weighted by Gasteiger charge is -2.20. The highest BCUT2D eigenvalue weighted by Gasteiger charge is 2.20. The first-order valence-electron chi connectivity index (χ1n) is 9.88. The van der Waals surface area contributed by atoms with Gasteiger partial charge >= 0.3 is 5.69 Å². The van der Waals surface area contributed by atoms with Crippen molar-refractivity contribution in [3.63, 3.8) is 0 Å². The van der Waals surface area contributed by atoms with Gasteiger partial charge in [-0.05, 0) is 36.1 Å². The summed E-state index contributed by atoms with van der Waals surface area (Å²) in [5, 5.41) is 8.04. The van der Waals surface area contributed by atoms with E-state index in [1.54, 1.807) is 10.6 Å². The Morgan fingerprint density at radius 3 is 2.66 bits per heavy atom. The van der Waals surface area contributed by atoms with Crippen LogP contribution in [0.25, 0.3) is 0 Å². The molecule has 6 nitrogen and oxygen atoms in total. The van der Waals surface area contributed by atoms with E-state index in [9.17, 15) is 9.59 Å². The number of carbonyl (C=O) groups excluding carboxylic acids is 1. The molecule has 7 heteroatoms. The van der Waals surface area contributed by atoms with Crippen LogP contribution in [0.2, 0.25) is 5.02 Å². The minimum Gasteiger partial charge on any atom is -0.344 e. The molecule has 2 heterocycles. The molecule has 29 heavy (non-hydrogen) atoms. The zero-order valence-electron chi connectivity index (χ0n) is 16.1. The third-order valence-electron chi connectivity index (χ3n) is 5.20. The molecular formula is C22H23ClN4O2. The second kappa shape index (κ2) is 8.66. The van der Waals surface area contributed by atoms with Crippen molar-refractivity contribution in [3.05, 3.63) is 87.1 Å². The molecule has 3 aromatic rings. The second-order valence-corrected chi connectivity index (χ2v) is 7.72. The molecule has 150 valence electrons. The van der Waals surface area contributed by atoms with Gasteiger partial charge in [-0.1, -0.05) is 60.5 Å². The van der Waals surface area contributed by atoms with Gasteiger partial charge in [-0.15, -0.1) is 0 Å². The largest absolute Gasteiger partial charge is 0.346 e. The van der Waals surface area contributed by atoms with Crippen molar-refractivity contribution in [2.24, 2.45) is 0 Å². The van der Waals surface area contributed by atoms with E-state index in [1.807, 2.05) is 48.5 Å². The Kier molecular flexibility index (Phi) is 5.81. The van der Waals surface area contributed by atoms with Crippen LogP contribution in [-0.4, -0.2) is 20.3 Å². The number of hydrogen-bond donors (Lipinski definition) is 1. The van der Waals surface area contributed by atoms with Crippen LogP contribution in [-0.2, 0) is 24.3 Å². The Balaban J connectivity index is 1.57. The fourth-order valence-electron chi connectivity index (χ4n) is 3.76. The van der Waals surface area contributed by atoms with Gasteiger partial charge in [-0.2, -0.15) is 5.10 Å². The highest BCUT2D eigenvalue weighted by Crippen LogP contribution is 2.24. The molecule has 0 radical (unpaired) electrons. The summed E-state index contributed by atoms with van der Waals surface area (Å²) in [5.74, 6) is 0.504. The Bertz CT molecular complexity index is 1060. The number of hydrogen-bond acceptors (Lipinski definition) is 3. The van der Waals surface area contributed by atoms with Gasteiger partial charge in [0.2, 0.25) is 5.91 Å². The van der Waals surface area contributed by atoms with Crippen molar-refractivity contribution in [3.8, 4) is 0 Å². The Morgan fingerprint density at radius 2 is 1.86 bits per heavy atom. The van der Waals surface area contributed by atoms with Gasteiger partial charge < -0.3 is 5.32 Å². The molecule has 1 amide bonds. The lowest BCUT2D eigenvalue weighted by Crippen LogP contribution is -2.36. The van der Waals surface area contributed by atoms with Gasteiger partial charge in [0, 0.05) is 18.0 Å². The van der Waals surface area contributed by atoms with E-state index >= 15 is 0 Å². The smallest absolute Gasteiger partial charge is 0.344 e.